The highest BCUT2D eigenvalue weighted by Crippen LogP contribution is 2.44. The molecule has 0 spiro atoms. The van der Waals surface area contributed by atoms with Crippen molar-refractivity contribution in [2.45, 2.75) is 0 Å². The number of nitrogens with zero attached hydrogens (tertiary/aromatic N) is 1. The van der Waals surface area contributed by atoms with Gasteiger partial charge in [-0.25, -0.2) is 4.39 Å². The van der Waals surface area contributed by atoms with Crippen LogP contribution in [0.25, 0.3) is 10.9 Å². The van der Waals surface area contributed by atoms with Gasteiger partial charge in [-0.15, -0.1) is 0 Å². The fourth-order valence-corrected chi connectivity index (χ4v) is 3.50. The lowest BCUT2D eigenvalue weighted by Crippen LogP contribution is -2.13. The number of pyridine rings is 1. The molecule has 168 valence electrons. The third-order valence-electron chi connectivity index (χ3n) is 5.07. The molecule has 0 fully saturated rings. The lowest BCUT2D eigenvalue weighted by Gasteiger charge is -2.17. The second kappa shape index (κ2) is 9.44. The molecule has 0 atom stereocenters. The summed E-state index contributed by atoms with van der Waals surface area (Å²) in [5.41, 5.74) is 2.32. The Morgan fingerprint density at radius 2 is 1.64 bits per heavy atom. The minimum Gasteiger partial charge on any atom is -0.493 e. The summed E-state index contributed by atoms with van der Waals surface area (Å²) in [5.74, 6) is 0.406. The van der Waals surface area contributed by atoms with Crippen molar-refractivity contribution in [1.82, 2.24) is 4.98 Å². The van der Waals surface area contributed by atoms with E-state index in [1.165, 1.54) is 33.5 Å². The van der Waals surface area contributed by atoms with Crippen molar-refractivity contribution in [1.29, 1.82) is 0 Å². The van der Waals surface area contributed by atoms with Gasteiger partial charge in [-0.3, -0.25) is 9.78 Å². The van der Waals surface area contributed by atoms with Gasteiger partial charge in [-0.1, -0.05) is 18.2 Å². The zero-order valence-electron chi connectivity index (χ0n) is 18.3. The Labute approximate surface area is 190 Å². The van der Waals surface area contributed by atoms with Crippen molar-refractivity contribution in [2.75, 3.05) is 32.0 Å². The van der Waals surface area contributed by atoms with Gasteiger partial charge < -0.3 is 24.8 Å². The van der Waals surface area contributed by atoms with Crippen LogP contribution in [-0.4, -0.2) is 32.2 Å². The highest BCUT2D eigenvalue weighted by molar-refractivity contribution is 6.04. The number of aromatic nitrogens is 1. The fourth-order valence-electron chi connectivity index (χ4n) is 3.50. The Morgan fingerprint density at radius 3 is 2.33 bits per heavy atom. The second-order valence-electron chi connectivity index (χ2n) is 7.04. The lowest BCUT2D eigenvalue weighted by molar-refractivity contribution is 0.102. The first-order valence-corrected chi connectivity index (χ1v) is 10.1. The molecule has 0 bridgehead atoms. The van der Waals surface area contributed by atoms with Crippen LogP contribution >= 0.6 is 0 Å². The summed E-state index contributed by atoms with van der Waals surface area (Å²) in [6.07, 6.45) is 1.63. The van der Waals surface area contributed by atoms with E-state index < -0.39 is 11.7 Å². The number of hydrogen-bond acceptors (Lipinski definition) is 6. The van der Waals surface area contributed by atoms with E-state index in [0.29, 0.717) is 45.1 Å². The number of ether oxygens (including phenoxy) is 3. The van der Waals surface area contributed by atoms with E-state index in [0.717, 1.165) is 0 Å². The van der Waals surface area contributed by atoms with Crippen LogP contribution in [0.4, 0.5) is 21.5 Å². The van der Waals surface area contributed by atoms with E-state index in [4.69, 9.17) is 14.2 Å². The van der Waals surface area contributed by atoms with E-state index in [2.05, 4.69) is 15.6 Å². The molecule has 0 saturated carbocycles. The number of fused-ring (bicyclic) bond motifs is 1. The number of hydrogen-bond donors (Lipinski definition) is 2. The first-order chi connectivity index (χ1) is 16.0. The van der Waals surface area contributed by atoms with Gasteiger partial charge in [0.15, 0.2) is 11.5 Å². The summed E-state index contributed by atoms with van der Waals surface area (Å²) in [5, 5.41) is 6.59. The molecule has 4 rings (SSSR count). The number of benzene rings is 3. The number of carbonyl (C=O) groups excluding carboxylic acids is 1. The molecule has 1 aromatic heterocycles. The Morgan fingerprint density at radius 1 is 0.879 bits per heavy atom. The predicted molar refractivity (Wildman–Crippen MR) is 125 cm³/mol. The minimum absolute atomic E-state index is 0.0593. The Hall–Kier alpha value is -4.33. The van der Waals surface area contributed by atoms with E-state index >= 15 is 0 Å². The third kappa shape index (κ3) is 4.36. The van der Waals surface area contributed by atoms with Gasteiger partial charge in [-0.05, 0) is 42.5 Å². The van der Waals surface area contributed by atoms with Crippen LogP contribution in [0, 0.1) is 5.82 Å². The maximum Gasteiger partial charge on any atom is 0.255 e. The van der Waals surface area contributed by atoms with Crippen LogP contribution in [0.1, 0.15) is 10.4 Å². The summed E-state index contributed by atoms with van der Waals surface area (Å²) in [6.45, 7) is 0. The minimum atomic E-state index is -0.544. The monoisotopic (exact) mass is 447 g/mol. The molecule has 0 aliphatic heterocycles. The van der Waals surface area contributed by atoms with Crippen LogP contribution in [-0.2, 0) is 0 Å². The van der Waals surface area contributed by atoms with Crippen LogP contribution < -0.4 is 24.8 Å². The molecular formula is C25H22FN3O4. The average Bonchev–Trinajstić information content (AvgIpc) is 2.85. The summed E-state index contributed by atoms with van der Waals surface area (Å²) in [4.78, 5) is 16.9. The molecule has 0 aliphatic carbocycles. The summed E-state index contributed by atoms with van der Waals surface area (Å²) in [6, 6.07) is 16.6. The van der Waals surface area contributed by atoms with Crippen molar-refractivity contribution in [3.63, 3.8) is 0 Å². The van der Waals surface area contributed by atoms with Crippen molar-refractivity contribution in [3.05, 3.63) is 78.2 Å². The standard InChI is InChI=1S/C25H22FN3O4/c1-31-21-14-17-19(11-12-27-22(17)24(33-3)23(21)32-2)28-16-9-10-18(26)20(13-16)29-25(30)15-7-5-4-6-8-15/h4-14H,1-3H3,(H,27,28)(H,29,30). The molecule has 7 nitrogen and oxygen atoms in total. The van der Waals surface area contributed by atoms with Crippen LogP contribution in [0.2, 0.25) is 0 Å². The molecule has 33 heavy (non-hydrogen) atoms. The summed E-state index contributed by atoms with van der Waals surface area (Å²) in [7, 11) is 4.59. The number of nitrogens with one attached hydrogen (secondary N) is 2. The fraction of sp³-hybridized carbons (Fsp3) is 0.120. The third-order valence-corrected chi connectivity index (χ3v) is 5.07. The van der Waals surface area contributed by atoms with Gasteiger partial charge in [-0.2, -0.15) is 0 Å². The molecule has 0 saturated heterocycles. The molecule has 4 aromatic rings. The Kier molecular flexibility index (Phi) is 6.26. The number of halogens is 1. The Bertz CT molecular complexity index is 1310. The second-order valence-corrected chi connectivity index (χ2v) is 7.04. The molecule has 0 unspecified atom stereocenters. The van der Waals surface area contributed by atoms with Crippen molar-refractivity contribution >= 4 is 33.9 Å². The SMILES string of the molecule is COc1cc2c(Nc3ccc(F)c(NC(=O)c4ccccc4)c3)ccnc2c(OC)c1OC. The molecular weight excluding hydrogens is 425 g/mol. The van der Waals surface area contributed by atoms with E-state index in [1.54, 1.807) is 54.7 Å². The van der Waals surface area contributed by atoms with E-state index in [1.807, 2.05) is 0 Å². The van der Waals surface area contributed by atoms with Gasteiger partial charge in [0.2, 0.25) is 5.75 Å². The number of anilines is 3. The maximum atomic E-state index is 14.4. The predicted octanol–water partition coefficient (Wildman–Crippen LogP) is 5.40. The summed E-state index contributed by atoms with van der Waals surface area (Å²) < 4.78 is 30.8. The van der Waals surface area contributed by atoms with Gasteiger partial charge >= 0.3 is 0 Å². The lowest BCUT2D eigenvalue weighted by atomic mass is 10.1. The number of rotatable bonds is 7. The van der Waals surface area contributed by atoms with Gasteiger partial charge in [0, 0.05) is 28.5 Å². The molecule has 2 N–H and O–H groups in total. The topological polar surface area (TPSA) is 81.7 Å². The molecule has 0 radical (unpaired) electrons. The highest BCUT2D eigenvalue weighted by Gasteiger charge is 2.19. The molecule has 1 heterocycles. The smallest absolute Gasteiger partial charge is 0.255 e. The number of amides is 1. The summed E-state index contributed by atoms with van der Waals surface area (Å²) >= 11 is 0. The number of carbonyl (C=O) groups is 1. The first kappa shape index (κ1) is 21.9. The molecule has 1 amide bonds. The van der Waals surface area contributed by atoms with Crippen LogP contribution in [0.15, 0.2) is 66.9 Å². The zero-order valence-corrected chi connectivity index (χ0v) is 18.3. The quantitative estimate of drug-likeness (QED) is 0.395. The Balaban J connectivity index is 1.70. The van der Waals surface area contributed by atoms with Gasteiger partial charge in [0.1, 0.15) is 11.3 Å². The highest BCUT2D eigenvalue weighted by atomic mass is 19.1. The van der Waals surface area contributed by atoms with Crippen LogP contribution in [0.3, 0.4) is 0 Å². The van der Waals surface area contributed by atoms with E-state index in [9.17, 15) is 9.18 Å². The maximum absolute atomic E-state index is 14.4. The van der Waals surface area contributed by atoms with Crippen molar-refractivity contribution in [2.24, 2.45) is 0 Å². The van der Waals surface area contributed by atoms with Gasteiger partial charge in [0.25, 0.3) is 5.91 Å². The largest absolute Gasteiger partial charge is 0.493 e. The normalized spacial score (nSPS) is 10.5. The molecule has 3 aromatic carbocycles. The molecule has 0 aliphatic rings. The van der Waals surface area contributed by atoms with Crippen LogP contribution in [0.5, 0.6) is 17.2 Å². The van der Waals surface area contributed by atoms with Gasteiger partial charge in [0.05, 0.1) is 27.0 Å². The van der Waals surface area contributed by atoms with E-state index in [-0.39, 0.29) is 5.69 Å². The van der Waals surface area contributed by atoms with Crippen molar-refractivity contribution < 1.29 is 23.4 Å². The average molecular weight is 447 g/mol. The number of methoxy groups -OCH3 is 3. The molecule has 8 heteroatoms. The van der Waals surface area contributed by atoms with Crippen molar-refractivity contribution in [3.8, 4) is 17.2 Å². The zero-order chi connectivity index (χ0) is 23.4. The first-order valence-electron chi connectivity index (χ1n) is 10.1.